The first kappa shape index (κ1) is 14.7. The summed E-state index contributed by atoms with van der Waals surface area (Å²) in [5.74, 6) is 5.39. The van der Waals surface area contributed by atoms with Gasteiger partial charge in [-0.05, 0) is 34.1 Å². The van der Waals surface area contributed by atoms with Gasteiger partial charge in [-0.3, -0.25) is 4.79 Å². The molecule has 1 amide bonds. The third kappa shape index (κ3) is 4.17. The Labute approximate surface area is 129 Å². The molecule has 3 N–H and O–H groups in total. The summed E-state index contributed by atoms with van der Waals surface area (Å²) in [6, 6.07) is 5.39. The standard InChI is InChI=1S/C14H12BrN3OS/c15-11-6-12(20-9-11)8-18-14(19)13-4-3-10(7-17-13)2-1-5-16/h3-4,6-7,9H,5,8,16H2,(H,18,19). The maximum absolute atomic E-state index is 11.9. The van der Waals surface area contributed by atoms with Gasteiger partial charge in [-0.25, -0.2) is 4.98 Å². The average Bonchev–Trinajstić information content (AvgIpc) is 2.89. The summed E-state index contributed by atoms with van der Waals surface area (Å²) in [6.07, 6.45) is 1.57. The molecular formula is C14H12BrN3OS. The third-order valence-electron chi connectivity index (χ3n) is 2.38. The third-order valence-corrected chi connectivity index (χ3v) is 4.07. The minimum atomic E-state index is -0.201. The van der Waals surface area contributed by atoms with E-state index in [2.05, 4.69) is 38.1 Å². The van der Waals surface area contributed by atoms with Gasteiger partial charge in [0.15, 0.2) is 0 Å². The zero-order valence-electron chi connectivity index (χ0n) is 10.5. The van der Waals surface area contributed by atoms with Crippen LogP contribution in [-0.4, -0.2) is 17.4 Å². The molecule has 0 saturated carbocycles. The van der Waals surface area contributed by atoms with Crippen LogP contribution >= 0.6 is 27.3 Å². The lowest BCUT2D eigenvalue weighted by atomic mass is 10.2. The Bertz CT molecular complexity index is 655. The van der Waals surface area contributed by atoms with Gasteiger partial charge in [-0.1, -0.05) is 11.8 Å². The monoisotopic (exact) mass is 349 g/mol. The van der Waals surface area contributed by atoms with E-state index >= 15 is 0 Å². The van der Waals surface area contributed by atoms with Gasteiger partial charge < -0.3 is 11.1 Å². The minimum Gasteiger partial charge on any atom is -0.346 e. The van der Waals surface area contributed by atoms with E-state index in [4.69, 9.17) is 5.73 Å². The summed E-state index contributed by atoms with van der Waals surface area (Å²) in [5.41, 5.74) is 6.41. The highest BCUT2D eigenvalue weighted by atomic mass is 79.9. The first-order chi connectivity index (χ1) is 9.69. The number of thiophene rings is 1. The van der Waals surface area contributed by atoms with Crippen LogP contribution in [0.1, 0.15) is 20.9 Å². The second kappa shape index (κ2) is 7.20. The average molecular weight is 350 g/mol. The van der Waals surface area contributed by atoms with E-state index in [0.29, 0.717) is 18.8 Å². The molecule has 2 aromatic rings. The van der Waals surface area contributed by atoms with Crippen molar-refractivity contribution in [3.8, 4) is 11.8 Å². The van der Waals surface area contributed by atoms with Gasteiger partial charge in [0.25, 0.3) is 5.91 Å². The minimum absolute atomic E-state index is 0.201. The number of halogens is 1. The maximum Gasteiger partial charge on any atom is 0.270 e. The summed E-state index contributed by atoms with van der Waals surface area (Å²) < 4.78 is 1.02. The first-order valence-corrected chi connectivity index (χ1v) is 7.52. The molecule has 0 aliphatic rings. The van der Waals surface area contributed by atoms with E-state index in [-0.39, 0.29) is 5.91 Å². The van der Waals surface area contributed by atoms with Gasteiger partial charge in [-0.15, -0.1) is 11.3 Å². The van der Waals surface area contributed by atoms with Gasteiger partial charge in [0.05, 0.1) is 13.1 Å². The van der Waals surface area contributed by atoms with Crippen LogP contribution in [0.3, 0.4) is 0 Å². The highest BCUT2D eigenvalue weighted by Crippen LogP contribution is 2.19. The number of nitrogens with zero attached hydrogens (tertiary/aromatic N) is 1. The Balaban J connectivity index is 1.95. The second-order valence-electron chi connectivity index (χ2n) is 3.85. The van der Waals surface area contributed by atoms with E-state index in [0.717, 1.165) is 14.9 Å². The summed E-state index contributed by atoms with van der Waals surface area (Å²) >= 11 is 4.96. The van der Waals surface area contributed by atoms with Crippen molar-refractivity contribution in [2.75, 3.05) is 6.54 Å². The van der Waals surface area contributed by atoms with Crippen molar-refractivity contribution in [1.82, 2.24) is 10.3 Å². The van der Waals surface area contributed by atoms with E-state index in [1.54, 1.807) is 29.7 Å². The summed E-state index contributed by atoms with van der Waals surface area (Å²) in [4.78, 5) is 17.1. The van der Waals surface area contributed by atoms with Crippen molar-refractivity contribution >= 4 is 33.2 Å². The van der Waals surface area contributed by atoms with Crippen molar-refractivity contribution in [1.29, 1.82) is 0 Å². The zero-order valence-corrected chi connectivity index (χ0v) is 12.9. The molecule has 2 aromatic heterocycles. The van der Waals surface area contributed by atoms with E-state index in [1.165, 1.54) is 0 Å². The summed E-state index contributed by atoms with van der Waals surface area (Å²) in [5, 5.41) is 4.80. The van der Waals surface area contributed by atoms with Crippen molar-refractivity contribution in [2.24, 2.45) is 5.73 Å². The largest absolute Gasteiger partial charge is 0.346 e. The molecule has 4 nitrogen and oxygen atoms in total. The van der Waals surface area contributed by atoms with Gasteiger partial charge in [-0.2, -0.15) is 0 Å². The molecule has 0 spiro atoms. The highest BCUT2D eigenvalue weighted by molar-refractivity contribution is 9.10. The number of hydrogen-bond donors (Lipinski definition) is 2. The second-order valence-corrected chi connectivity index (χ2v) is 5.76. The lowest BCUT2D eigenvalue weighted by Gasteiger charge is -2.02. The molecule has 102 valence electrons. The van der Waals surface area contributed by atoms with Crippen molar-refractivity contribution in [3.63, 3.8) is 0 Å². The number of aromatic nitrogens is 1. The maximum atomic E-state index is 11.9. The fraction of sp³-hybridized carbons (Fsp3) is 0.143. The molecule has 0 radical (unpaired) electrons. The zero-order chi connectivity index (χ0) is 14.4. The lowest BCUT2D eigenvalue weighted by Crippen LogP contribution is -2.23. The Morgan fingerprint density at radius 2 is 2.35 bits per heavy atom. The molecule has 6 heteroatoms. The molecular weight excluding hydrogens is 338 g/mol. The molecule has 0 aliphatic carbocycles. The molecule has 0 bridgehead atoms. The molecule has 0 aromatic carbocycles. The number of nitrogens with two attached hydrogens (primary N) is 1. The van der Waals surface area contributed by atoms with Crippen LogP contribution in [-0.2, 0) is 6.54 Å². The van der Waals surface area contributed by atoms with Crippen molar-refractivity contribution in [2.45, 2.75) is 6.54 Å². The number of nitrogens with one attached hydrogen (secondary N) is 1. The molecule has 0 aliphatic heterocycles. The number of amides is 1. The number of carbonyl (C=O) groups is 1. The van der Waals surface area contributed by atoms with Gasteiger partial charge >= 0.3 is 0 Å². The quantitative estimate of drug-likeness (QED) is 0.834. The Morgan fingerprint density at radius 1 is 1.50 bits per heavy atom. The van der Waals surface area contributed by atoms with E-state index in [9.17, 15) is 4.79 Å². The van der Waals surface area contributed by atoms with Crippen molar-refractivity contribution < 1.29 is 4.79 Å². The molecule has 2 rings (SSSR count). The fourth-order valence-electron chi connectivity index (χ4n) is 1.46. The van der Waals surface area contributed by atoms with Crippen LogP contribution in [0, 0.1) is 11.8 Å². The molecule has 0 fully saturated rings. The molecule has 0 unspecified atom stereocenters. The molecule has 0 saturated heterocycles. The van der Waals surface area contributed by atoms with Crippen molar-refractivity contribution in [3.05, 3.63) is 50.4 Å². The van der Waals surface area contributed by atoms with Gasteiger partial charge in [0, 0.05) is 26.5 Å². The molecule has 2 heterocycles. The van der Waals surface area contributed by atoms with Crippen LogP contribution in [0.4, 0.5) is 0 Å². The summed E-state index contributed by atoms with van der Waals surface area (Å²) in [7, 11) is 0. The predicted molar refractivity (Wildman–Crippen MR) is 83.4 cm³/mol. The lowest BCUT2D eigenvalue weighted by molar-refractivity contribution is 0.0946. The smallest absolute Gasteiger partial charge is 0.270 e. The van der Waals surface area contributed by atoms with Crippen LogP contribution in [0.5, 0.6) is 0 Å². The first-order valence-electron chi connectivity index (χ1n) is 5.85. The SMILES string of the molecule is NCC#Cc1ccc(C(=O)NCc2cc(Br)cs2)nc1. The predicted octanol–water partition coefficient (Wildman–Crippen LogP) is 2.15. The number of rotatable bonds is 3. The normalized spacial score (nSPS) is 9.70. The van der Waals surface area contributed by atoms with Crippen LogP contribution < -0.4 is 11.1 Å². The van der Waals surface area contributed by atoms with Gasteiger partial charge in [0.1, 0.15) is 5.69 Å². The van der Waals surface area contributed by atoms with E-state index < -0.39 is 0 Å². The van der Waals surface area contributed by atoms with Crippen LogP contribution in [0.25, 0.3) is 0 Å². The number of pyridine rings is 1. The Kier molecular flexibility index (Phi) is 5.30. The molecule has 0 atom stereocenters. The number of hydrogen-bond acceptors (Lipinski definition) is 4. The highest BCUT2D eigenvalue weighted by Gasteiger charge is 2.07. The molecule has 20 heavy (non-hydrogen) atoms. The van der Waals surface area contributed by atoms with Gasteiger partial charge in [0.2, 0.25) is 0 Å². The Hall–Kier alpha value is -1.68. The topological polar surface area (TPSA) is 68.0 Å². The van der Waals surface area contributed by atoms with Crippen LogP contribution in [0.2, 0.25) is 0 Å². The fourth-order valence-corrected chi connectivity index (χ4v) is 2.85. The van der Waals surface area contributed by atoms with Crippen LogP contribution in [0.15, 0.2) is 34.2 Å². The number of carbonyl (C=O) groups excluding carboxylic acids is 1. The Morgan fingerprint density at radius 3 is 2.95 bits per heavy atom. The summed E-state index contributed by atoms with van der Waals surface area (Å²) in [6.45, 7) is 0.796. The van der Waals surface area contributed by atoms with E-state index in [1.807, 2.05) is 11.4 Å².